The number of carbonyl (C=O) groups is 3. The highest BCUT2D eigenvalue weighted by Crippen LogP contribution is 2.21. The highest BCUT2D eigenvalue weighted by Gasteiger charge is 2.21. The first kappa shape index (κ1) is 18.2. The summed E-state index contributed by atoms with van der Waals surface area (Å²) >= 11 is 0. The number of benzene rings is 1. The van der Waals surface area contributed by atoms with E-state index in [1.807, 2.05) is 10.9 Å². The van der Waals surface area contributed by atoms with E-state index in [-0.39, 0.29) is 11.1 Å². The quantitative estimate of drug-likeness (QED) is 0.650. The first-order chi connectivity index (χ1) is 11.8. The largest absolute Gasteiger partial charge is 0.465 e. The van der Waals surface area contributed by atoms with E-state index < -0.39 is 30.2 Å². The van der Waals surface area contributed by atoms with E-state index in [1.54, 1.807) is 20.8 Å². The molecule has 1 aromatic carbocycles. The summed E-state index contributed by atoms with van der Waals surface area (Å²) in [5.41, 5.74) is 4.76. The van der Waals surface area contributed by atoms with Crippen molar-refractivity contribution in [1.29, 1.82) is 0 Å². The number of ether oxygens (including phenoxy) is 1. The van der Waals surface area contributed by atoms with E-state index in [0.29, 0.717) is 17.1 Å². The van der Waals surface area contributed by atoms with Gasteiger partial charge in [-0.15, -0.1) is 0 Å². The molecule has 0 radical (unpaired) electrons. The Kier molecular flexibility index (Phi) is 5.53. The minimum Gasteiger partial charge on any atom is -0.465 e. The van der Waals surface area contributed by atoms with Crippen molar-refractivity contribution in [3.63, 3.8) is 0 Å². The molecule has 0 unspecified atom stereocenters. The van der Waals surface area contributed by atoms with Crippen LogP contribution in [0.3, 0.4) is 0 Å². The molecule has 7 nitrogen and oxygen atoms in total. The molecule has 0 saturated heterocycles. The number of halogens is 1. The van der Waals surface area contributed by atoms with Gasteiger partial charge in [0.2, 0.25) is 0 Å². The maximum atomic E-state index is 13.4. The van der Waals surface area contributed by atoms with Crippen molar-refractivity contribution in [3.8, 4) is 0 Å². The molecule has 1 aromatic heterocycles. The van der Waals surface area contributed by atoms with Crippen molar-refractivity contribution >= 4 is 17.8 Å². The van der Waals surface area contributed by atoms with E-state index in [4.69, 9.17) is 9.15 Å². The smallest absolute Gasteiger partial charge is 0.342 e. The lowest BCUT2D eigenvalue weighted by atomic mass is 10.1. The van der Waals surface area contributed by atoms with Gasteiger partial charge >= 0.3 is 5.97 Å². The Balaban J connectivity index is 1.86. The Morgan fingerprint density at radius 1 is 1.08 bits per heavy atom. The van der Waals surface area contributed by atoms with Crippen LogP contribution < -0.4 is 10.9 Å². The van der Waals surface area contributed by atoms with Crippen LogP contribution in [0.1, 0.15) is 37.8 Å². The number of rotatable bonds is 4. The maximum absolute atomic E-state index is 13.4. The molecular formula is C17H17FN2O5. The molecule has 0 aliphatic rings. The van der Waals surface area contributed by atoms with Crippen LogP contribution in [0, 0.1) is 26.6 Å². The highest BCUT2D eigenvalue weighted by atomic mass is 19.1. The molecule has 8 heteroatoms. The molecule has 0 spiro atoms. The molecule has 1 heterocycles. The number of carbonyl (C=O) groups excluding carboxylic acids is 3. The zero-order valence-corrected chi connectivity index (χ0v) is 13.9. The van der Waals surface area contributed by atoms with Crippen LogP contribution in [0.2, 0.25) is 0 Å². The van der Waals surface area contributed by atoms with Gasteiger partial charge in [-0.3, -0.25) is 20.4 Å². The Labute approximate surface area is 143 Å². The molecule has 2 amide bonds. The zero-order chi connectivity index (χ0) is 18.6. The van der Waals surface area contributed by atoms with Crippen LogP contribution in [0.5, 0.6) is 0 Å². The Morgan fingerprint density at radius 2 is 1.76 bits per heavy atom. The second-order valence-corrected chi connectivity index (χ2v) is 5.27. The molecule has 0 bridgehead atoms. The number of hydrazine groups is 1. The van der Waals surface area contributed by atoms with E-state index in [9.17, 15) is 18.8 Å². The van der Waals surface area contributed by atoms with Crippen molar-refractivity contribution in [3.05, 3.63) is 58.3 Å². The Hall–Kier alpha value is -3.16. The van der Waals surface area contributed by atoms with Crippen LogP contribution in [0.4, 0.5) is 4.39 Å². The number of hydrogen-bond donors (Lipinski definition) is 2. The third-order valence-electron chi connectivity index (χ3n) is 3.53. The van der Waals surface area contributed by atoms with E-state index in [0.717, 1.165) is 6.07 Å². The fraction of sp³-hybridized carbons (Fsp3) is 0.235. The van der Waals surface area contributed by atoms with Gasteiger partial charge in [-0.1, -0.05) is 12.1 Å². The number of furan rings is 1. The molecule has 2 rings (SSSR count). The van der Waals surface area contributed by atoms with Crippen molar-refractivity contribution in [2.75, 3.05) is 6.61 Å². The standard InChI is InChI=1S/C17H17FN2O5/c1-9-10(2)25-11(3)15(9)17(23)24-8-14(21)19-20-16(22)12-6-4-5-7-13(12)18/h4-7H,8H2,1-3H3,(H,19,21)(H,20,22). The molecule has 0 aliphatic carbocycles. The van der Waals surface area contributed by atoms with Crippen LogP contribution in [0.15, 0.2) is 28.7 Å². The average molecular weight is 348 g/mol. The summed E-state index contributed by atoms with van der Waals surface area (Å²) in [7, 11) is 0. The predicted molar refractivity (Wildman–Crippen MR) is 85.2 cm³/mol. The summed E-state index contributed by atoms with van der Waals surface area (Å²) < 4.78 is 23.6. The number of esters is 1. The third kappa shape index (κ3) is 4.23. The van der Waals surface area contributed by atoms with Crippen molar-refractivity contribution < 1.29 is 27.9 Å². The van der Waals surface area contributed by atoms with Crippen LogP contribution in [-0.4, -0.2) is 24.4 Å². The summed E-state index contributed by atoms with van der Waals surface area (Å²) in [6, 6.07) is 5.31. The molecule has 2 aromatic rings. The lowest BCUT2D eigenvalue weighted by Gasteiger charge is -2.08. The SMILES string of the molecule is Cc1oc(C)c(C(=O)OCC(=O)NNC(=O)c2ccccc2F)c1C. The first-order valence-electron chi connectivity index (χ1n) is 7.38. The predicted octanol–water partition coefficient (Wildman–Crippen LogP) is 1.96. The van der Waals surface area contributed by atoms with Gasteiger partial charge in [0.15, 0.2) is 6.61 Å². The molecule has 132 valence electrons. The normalized spacial score (nSPS) is 10.2. The molecule has 0 saturated carbocycles. The van der Waals surface area contributed by atoms with Gasteiger partial charge in [0, 0.05) is 5.56 Å². The summed E-state index contributed by atoms with van der Waals surface area (Å²) in [6.07, 6.45) is 0. The second kappa shape index (κ2) is 7.61. The zero-order valence-electron chi connectivity index (χ0n) is 13.9. The average Bonchev–Trinajstić information content (AvgIpc) is 2.83. The lowest BCUT2D eigenvalue weighted by molar-refractivity contribution is -0.125. The third-order valence-corrected chi connectivity index (χ3v) is 3.53. The minimum absolute atomic E-state index is 0.222. The van der Waals surface area contributed by atoms with E-state index >= 15 is 0 Å². The van der Waals surface area contributed by atoms with Crippen LogP contribution in [-0.2, 0) is 9.53 Å². The molecule has 2 N–H and O–H groups in total. The van der Waals surface area contributed by atoms with Gasteiger partial charge in [-0.2, -0.15) is 0 Å². The molecule has 25 heavy (non-hydrogen) atoms. The van der Waals surface area contributed by atoms with Gasteiger partial charge in [0.1, 0.15) is 22.9 Å². The summed E-state index contributed by atoms with van der Waals surface area (Å²) in [6.45, 7) is 4.42. The first-order valence-corrected chi connectivity index (χ1v) is 7.38. The van der Waals surface area contributed by atoms with Gasteiger partial charge in [0.05, 0.1) is 5.56 Å². The Morgan fingerprint density at radius 3 is 2.36 bits per heavy atom. The molecular weight excluding hydrogens is 331 g/mol. The van der Waals surface area contributed by atoms with Gasteiger partial charge in [-0.25, -0.2) is 9.18 Å². The molecule has 0 atom stereocenters. The van der Waals surface area contributed by atoms with E-state index in [1.165, 1.54) is 18.2 Å². The number of amides is 2. The van der Waals surface area contributed by atoms with Crippen molar-refractivity contribution in [1.82, 2.24) is 10.9 Å². The van der Waals surface area contributed by atoms with Crippen LogP contribution >= 0.6 is 0 Å². The monoisotopic (exact) mass is 348 g/mol. The van der Waals surface area contributed by atoms with Crippen molar-refractivity contribution in [2.45, 2.75) is 20.8 Å². The summed E-state index contributed by atoms with van der Waals surface area (Å²) in [5.74, 6) is -2.04. The maximum Gasteiger partial charge on any atom is 0.342 e. The second-order valence-electron chi connectivity index (χ2n) is 5.27. The lowest BCUT2D eigenvalue weighted by Crippen LogP contribution is -2.43. The fourth-order valence-electron chi connectivity index (χ4n) is 2.17. The van der Waals surface area contributed by atoms with Gasteiger partial charge in [-0.05, 0) is 32.9 Å². The molecule has 0 fully saturated rings. The van der Waals surface area contributed by atoms with Gasteiger partial charge < -0.3 is 9.15 Å². The topological polar surface area (TPSA) is 97.6 Å². The van der Waals surface area contributed by atoms with Crippen molar-refractivity contribution in [2.24, 2.45) is 0 Å². The van der Waals surface area contributed by atoms with Crippen LogP contribution in [0.25, 0.3) is 0 Å². The fourth-order valence-corrected chi connectivity index (χ4v) is 2.17. The van der Waals surface area contributed by atoms with E-state index in [2.05, 4.69) is 0 Å². The Bertz CT molecular complexity index is 828. The number of nitrogens with one attached hydrogen (secondary N) is 2. The minimum atomic E-state index is -0.824. The molecule has 0 aliphatic heterocycles. The van der Waals surface area contributed by atoms with Gasteiger partial charge in [0.25, 0.3) is 11.8 Å². The highest BCUT2D eigenvalue weighted by molar-refractivity contribution is 5.96. The summed E-state index contributed by atoms with van der Waals surface area (Å²) in [5, 5.41) is 0. The summed E-state index contributed by atoms with van der Waals surface area (Å²) in [4.78, 5) is 35.4. The number of hydrogen-bond acceptors (Lipinski definition) is 5. The number of aryl methyl sites for hydroxylation is 2.